The van der Waals surface area contributed by atoms with Crippen molar-refractivity contribution in [2.75, 3.05) is 13.1 Å². The minimum Gasteiger partial charge on any atom is -0.341 e. The van der Waals surface area contributed by atoms with Crippen molar-refractivity contribution in [2.45, 2.75) is 38.6 Å². The normalized spacial score (nSPS) is 15.3. The molecule has 2 aromatic carbocycles. The SMILES string of the molecule is CC[C@@H](C(=O)N1CCCC1)n1c(Cc2c(Cl)cccc2Cl)nc2ccccc21. The van der Waals surface area contributed by atoms with E-state index in [2.05, 4.69) is 11.5 Å². The molecule has 0 aliphatic carbocycles. The molecule has 2 heterocycles. The summed E-state index contributed by atoms with van der Waals surface area (Å²) in [6, 6.07) is 13.2. The van der Waals surface area contributed by atoms with Crippen molar-refractivity contribution in [3.63, 3.8) is 0 Å². The molecule has 0 saturated carbocycles. The fourth-order valence-corrected chi connectivity index (χ4v) is 4.57. The standard InChI is InChI=1S/C22H23Cl2N3O/c1-2-19(22(28)26-12-5-6-13-26)27-20-11-4-3-10-18(20)25-21(27)14-15-16(23)8-7-9-17(15)24/h3-4,7-11,19H,2,5-6,12-14H2,1H3/t19-/m0/s1. The second-order valence-electron chi connectivity index (χ2n) is 7.22. The lowest BCUT2D eigenvalue weighted by molar-refractivity contribution is -0.133. The van der Waals surface area contributed by atoms with Crippen molar-refractivity contribution in [3.8, 4) is 0 Å². The average molecular weight is 416 g/mol. The Morgan fingerprint density at radius 3 is 2.43 bits per heavy atom. The fraction of sp³-hybridized carbons (Fsp3) is 0.364. The summed E-state index contributed by atoms with van der Waals surface area (Å²) in [7, 11) is 0. The van der Waals surface area contributed by atoms with E-state index in [-0.39, 0.29) is 11.9 Å². The molecule has 0 spiro atoms. The molecule has 3 aromatic rings. The highest BCUT2D eigenvalue weighted by atomic mass is 35.5. The number of benzene rings is 2. The Kier molecular flexibility index (Phi) is 5.61. The molecule has 0 unspecified atom stereocenters. The summed E-state index contributed by atoms with van der Waals surface area (Å²) >= 11 is 12.8. The number of carbonyl (C=O) groups excluding carboxylic acids is 1. The number of halogens is 2. The number of likely N-dealkylation sites (tertiary alicyclic amines) is 1. The molecular formula is C22H23Cl2N3O. The molecule has 1 aromatic heterocycles. The number of aromatic nitrogens is 2. The van der Waals surface area contributed by atoms with Gasteiger partial charge in [-0.3, -0.25) is 4.79 Å². The van der Waals surface area contributed by atoms with Gasteiger partial charge in [-0.25, -0.2) is 4.98 Å². The largest absolute Gasteiger partial charge is 0.341 e. The van der Waals surface area contributed by atoms with E-state index < -0.39 is 0 Å². The van der Waals surface area contributed by atoms with Crippen LogP contribution in [0.1, 0.15) is 43.6 Å². The van der Waals surface area contributed by atoms with Crippen molar-refractivity contribution in [3.05, 3.63) is 63.9 Å². The zero-order valence-corrected chi connectivity index (χ0v) is 17.4. The second kappa shape index (κ2) is 8.14. The Hall–Kier alpha value is -2.04. The Labute approximate surface area is 175 Å². The van der Waals surface area contributed by atoms with Gasteiger partial charge in [0.15, 0.2) is 0 Å². The summed E-state index contributed by atoms with van der Waals surface area (Å²) in [4.78, 5) is 20.1. The first-order chi connectivity index (χ1) is 13.6. The highest BCUT2D eigenvalue weighted by Gasteiger charge is 2.29. The molecule has 1 fully saturated rings. The summed E-state index contributed by atoms with van der Waals surface area (Å²) in [5.74, 6) is 0.991. The third kappa shape index (κ3) is 3.51. The zero-order chi connectivity index (χ0) is 19.7. The number of fused-ring (bicyclic) bond motifs is 1. The van der Waals surface area contributed by atoms with Crippen molar-refractivity contribution in [1.29, 1.82) is 0 Å². The van der Waals surface area contributed by atoms with Crippen molar-refractivity contribution in [1.82, 2.24) is 14.5 Å². The maximum absolute atomic E-state index is 13.3. The summed E-state index contributed by atoms with van der Waals surface area (Å²) in [5.41, 5.74) is 2.69. The van der Waals surface area contributed by atoms with E-state index in [0.717, 1.165) is 48.4 Å². The summed E-state index contributed by atoms with van der Waals surface area (Å²) in [6.45, 7) is 3.74. The minimum atomic E-state index is -0.276. The van der Waals surface area contributed by atoms with Crippen LogP contribution in [0.2, 0.25) is 10.0 Å². The van der Waals surface area contributed by atoms with Gasteiger partial charge in [-0.2, -0.15) is 0 Å². The van der Waals surface area contributed by atoms with Crippen LogP contribution in [0, 0.1) is 0 Å². The van der Waals surface area contributed by atoms with E-state index >= 15 is 0 Å². The number of para-hydroxylation sites is 2. The predicted molar refractivity (Wildman–Crippen MR) is 114 cm³/mol. The maximum Gasteiger partial charge on any atom is 0.245 e. The summed E-state index contributed by atoms with van der Waals surface area (Å²) in [6.07, 6.45) is 3.35. The monoisotopic (exact) mass is 415 g/mol. The predicted octanol–water partition coefficient (Wildman–Crippen LogP) is 5.51. The van der Waals surface area contributed by atoms with Crippen LogP contribution in [-0.4, -0.2) is 33.4 Å². The van der Waals surface area contributed by atoms with Crippen LogP contribution >= 0.6 is 23.2 Å². The number of amides is 1. The Bertz CT molecular complexity index is 988. The molecule has 28 heavy (non-hydrogen) atoms. The van der Waals surface area contributed by atoms with Crippen molar-refractivity contribution < 1.29 is 4.79 Å². The van der Waals surface area contributed by atoms with Crippen LogP contribution in [0.5, 0.6) is 0 Å². The number of imidazole rings is 1. The number of nitrogens with zero attached hydrogens (tertiary/aromatic N) is 3. The van der Waals surface area contributed by atoms with Gasteiger partial charge < -0.3 is 9.47 Å². The molecule has 1 amide bonds. The van der Waals surface area contributed by atoms with Gasteiger partial charge in [-0.1, -0.05) is 48.3 Å². The quantitative estimate of drug-likeness (QED) is 0.550. The van der Waals surface area contributed by atoms with Crippen molar-refractivity contribution >= 4 is 40.1 Å². The third-order valence-electron chi connectivity index (χ3n) is 5.47. The maximum atomic E-state index is 13.3. The number of carbonyl (C=O) groups is 1. The van der Waals surface area contributed by atoms with Gasteiger partial charge in [0.05, 0.1) is 11.0 Å². The van der Waals surface area contributed by atoms with Crippen LogP contribution in [0.25, 0.3) is 11.0 Å². The van der Waals surface area contributed by atoms with Crippen LogP contribution in [0.4, 0.5) is 0 Å². The second-order valence-corrected chi connectivity index (χ2v) is 8.03. The third-order valence-corrected chi connectivity index (χ3v) is 6.17. The molecule has 1 atom stereocenters. The Morgan fingerprint density at radius 1 is 1.07 bits per heavy atom. The first-order valence-corrected chi connectivity index (χ1v) is 10.5. The smallest absolute Gasteiger partial charge is 0.245 e. The zero-order valence-electron chi connectivity index (χ0n) is 15.9. The molecule has 6 heteroatoms. The van der Waals surface area contributed by atoms with Gasteiger partial charge in [0.1, 0.15) is 11.9 Å². The van der Waals surface area contributed by atoms with Gasteiger partial charge in [0.2, 0.25) is 5.91 Å². The van der Waals surface area contributed by atoms with E-state index in [1.165, 1.54) is 0 Å². The Balaban J connectivity index is 1.81. The average Bonchev–Trinajstić information content (AvgIpc) is 3.34. The van der Waals surface area contributed by atoms with E-state index in [4.69, 9.17) is 28.2 Å². The van der Waals surface area contributed by atoms with Gasteiger partial charge in [0.25, 0.3) is 0 Å². The molecule has 1 aliphatic heterocycles. The van der Waals surface area contributed by atoms with E-state index in [1.807, 2.05) is 47.4 Å². The van der Waals surface area contributed by atoms with Gasteiger partial charge >= 0.3 is 0 Å². The first kappa shape index (κ1) is 19.3. The lowest BCUT2D eigenvalue weighted by atomic mass is 10.1. The molecule has 0 radical (unpaired) electrons. The number of hydrogen-bond donors (Lipinski definition) is 0. The van der Waals surface area contributed by atoms with Crippen LogP contribution in [0.15, 0.2) is 42.5 Å². The molecule has 146 valence electrons. The molecule has 4 nitrogen and oxygen atoms in total. The molecule has 4 rings (SSSR count). The highest BCUT2D eigenvalue weighted by Crippen LogP contribution is 2.31. The van der Waals surface area contributed by atoms with E-state index in [1.54, 1.807) is 0 Å². The Morgan fingerprint density at radius 2 is 1.75 bits per heavy atom. The van der Waals surface area contributed by atoms with E-state index in [9.17, 15) is 4.79 Å². The van der Waals surface area contributed by atoms with Crippen molar-refractivity contribution in [2.24, 2.45) is 0 Å². The van der Waals surface area contributed by atoms with Gasteiger partial charge in [-0.15, -0.1) is 0 Å². The molecule has 0 bridgehead atoms. The highest BCUT2D eigenvalue weighted by molar-refractivity contribution is 6.36. The lowest BCUT2D eigenvalue weighted by Crippen LogP contribution is -2.35. The van der Waals surface area contributed by atoms with Crippen LogP contribution in [0.3, 0.4) is 0 Å². The van der Waals surface area contributed by atoms with Gasteiger partial charge in [-0.05, 0) is 49.1 Å². The molecular weight excluding hydrogens is 393 g/mol. The van der Waals surface area contributed by atoms with Crippen LogP contribution in [-0.2, 0) is 11.2 Å². The molecule has 1 saturated heterocycles. The summed E-state index contributed by atoms with van der Waals surface area (Å²) < 4.78 is 2.09. The first-order valence-electron chi connectivity index (χ1n) is 9.77. The molecule has 0 N–H and O–H groups in total. The fourth-order valence-electron chi connectivity index (χ4n) is 4.04. The van der Waals surface area contributed by atoms with E-state index in [0.29, 0.717) is 22.9 Å². The van der Waals surface area contributed by atoms with Crippen LogP contribution < -0.4 is 0 Å². The molecule has 1 aliphatic rings. The number of hydrogen-bond acceptors (Lipinski definition) is 2. The number of rotatable bonds is 5. The summed E-state index contributed by atoms with van der Waals surface area (Å²) in [5, 5.41) is 1.23. The minimum absolute atomic E-state index is 0.176. The topological polar surface area (TPSA) is 38.1 Å². The lowest BCUT2D eigenvalue weighted by Gasteiger charge is -2.25. The van der Waals surface area contributed by atoms with Gasteiger partial charge in [0, 0.05) is 29.6 Å².